The van der Waals surface area contributed by atoms with Crippen LogP contribution in [0.3, 0.4) is 0 Å². The summed E-state index contributed by atoms with van der Waals surface area (Å²) in [6, 6.07) is 3.02. The third-order valence-corrected chi connectivity index (χ3v) is 1.27. The van der Waals surface area contributed by atoms with Crippen molar-refractivity contribution in [2.45, 2.75) is 27.2 Å². The van der Waals surface area contributed by atoms with E-state index in [2.05, 4.69) is 16.0 Å². The Bertz CT molecular complexity index is 215. The van der Waals surface area contributed by atoms with E-state index in [1.54, 1.807) is 0 Å². The van der Waals surface area contributed by atoms with Gasteiger partial charge in [0.05, 0.1) is 0 Å². The van der Waals surface area contributed by atoms with Crippen molar-refractivity contribution in [1.29, 1.82) is 0 Å². The topological polar surface area (TPSA) is 25.8 Å². The van der Waals surface area contributed by atoms with Crippen molar-refractivity contribution >= 4 is 0 Å². The van der Waals surface area contributed by atoms with E-state index in [1.165, 1.54) is 0 Å². The summed E-state index contributed by atoms with van der Waals surface area (Å²) in [5, 5.41) is 0. The van der Waals surface area contributed by atoms with E-state index in [0.717, 1.165) is 23.6 Å². The fourth-order valence-electron chi connectivity index (χ4n) is 0.888. The molecule has 0 N–H and O–H groups in total. The van der Waals surface area contributed by atoms with Gasteiger partial charge in [-0.2, -0.15) is 0 Å². The van der Waals surface area contributed by atoms with Crippen molar-refractivity contribution < 1.29 is 32.7 Å². The van der Waals surface area contributed by atoms with Crippen molar-refractivity contribution in [2.75, 3.05) is 0 Å². The zero-order valence-corrected chi connectivity index (χ0v) is 10.0. The first kappa shape index (κ1) is 11.2. The fourth-order valence-corrected chi connectivity index (χ4v) is 0.888. The maximum atomic E-state index is 4.19. The summed E-state index contributed by atoms with van der Waals surface area (Å²) in [6.07, 6.45) is 0.899. The molecule has 1 heterocycles. The predicted molar refractivity (Wildman–Crippen MR) is 39.7 cm³/mol. The molecule has 1 aromatic heterocycles. The maximum Gasteiger partial charge on any atom is 0.121 e. The van der Waals surface area contributed by atoms with E-state index >= 15 is 0 Å². The third-order valence-electron chi connectivity index (χ3n) is 1.27. The summed E-state index contributed by atoms with van der Waals surface area (Å²) in [5.41, 5.74) is 1.87. The van der Waals surface area contributed by atoms with E-state index in [9.17, 15) is 0 Å². The molecule has 0 aliphatic heterocycles. The number of hydrogen-bond donors (Lipinski definition) is 0. The molecule has 11 heavy (non-hydrogen) atoms. The monoisotopic (exact) mass is 224 g/mol. The molecule has 0 saturated carbocycles. The van der Waals surface area contributed by atoms with Gasteiger partial charge >= 0.3 is 0 Å². The van der Waals surface area contributed by atoms with E-state index in [-0.39, 0.29) is 32.7 Å². The van der Waals surface area contributed by atoms with Gasteiger partial charge in [-0.05, 0) is 0 Å². The van der Waals surface area contributed by atoms with Crippen LogP contribution in [0.2, 0.25) is 0 Å². The number of aromatic nitrogens is 2. The van der Waals surface area contributed by atoms with E-state index in [4.69, 9.17) is 0 Å². The standard InChI is InChI=1S/C8H11N2.Y/c1-4-8-9-6(2)5-7(3)10-8;/h4H2,1-3H3;/q-1;. The molecule has 3 heteroatoms. The molecule has 0 amide bonds. The Labute approximate surface area is 92.7 Å². The molecular weight excluding hydrogens is 213 g/mol. The van der Waals surface area contributed by atoms with Crippen LogP contribution in [0.5, 0.6) is 0 Å². The Morgan fingerprint density at radius 1 is 1.18 bits per heavy atom. The van der Waals surface area contributed by atoms with Gasteiger partial charge in [-0.1, -0.05) is 20.8 Å². The Balaban J connectivity index is 0.000001000. The average Bonchev–Trinajstić information content (AvgIpc) is 1.85. The number of aryl methyl sites for hydroxylation is 3. The molecule has 0 aliphatic rings. The van der Waals surface area contributed by atoms with Crippen LogP contribution in [0.25, 0.3) is 0 Å². The van der Waals surface area contributed by atoms with Gasteiger partial charge in [0.2, 0.25) is 0 Å². The zero-order valence-electron chi connectivity index (χ0n) is 7.18. The van der Waals surface area contributed by atoms with Crippen LogP contribution in [-0.4, -0.2) is 9.97 Å². The van der Waals surface area contributed by atoms with Gasteiger partial charge in [-0.3, -0.25) is 9.97 Å². The molecule has 0 unspecified atom stereocenters. The molecule has 0 aromatic carbocycles. The van der Waals surface area contributed by atoms with Crippen LogP contribution >= 0.6 is 0 Å². The second kappa shape index (κ2) is 4.94. The van der Waals surface area contributed by atoms with Crippen molar-refractivity contribution in [2.24, 2.45) is 0 Å². The van der Waals surface area contributed by atoms with Crippen LogP contribution in [0.4, 0.5) is 0 Å². The third kappa shape index (κ3) is 3.39. The number of nitrogens with zero attached hydrogens (tertiary/aromatic N) is 2. The molecule has 0 atom stereocenters. The average molecular weight is 224 g/mol. The molecule has 2 nitrogen and oxygen atoms in total. The van der Waals surface area contributed by atoms with Gasteiger partial charge in [-0.25, -0.2) is 0 Å². The summed E-state index contributed by atoms with van der Waals surface area (Å²) < 4.78 is 0. The fraction of sp³-hybridized carbons (Fsp3) is 0.500. The molecule has 0 fully saturated rings. The second-order valence-corrected chi connectivity index (χ2v) is 2.29. The Hall–Kier alpha value is 0.184. The van der Waals surface area contributed by atoms with E-state index < -0.39 is 0 Å². The molecule has 57 valence electrons. The molecule has 0 aliphatic carbocycles. The first-order chi connectivity index (χ1) is 4.72. The molecule has 0 saturated heterocycles. The molecule has 1 rings (SSSR count). The zero-order chi connectivity index (χ0) is 7.56. The summed E-state index contributed by atoms with van der Waals surface area (Å²) in [5.74, 6) is 0.911. The normalized spacial score (nSPS) is 9.00. The van der Waals surface area contributed by atoms with Gasteiger partial charge in [0.1, 0.15) is 5.82 Å². The Kier molecular flexibility index (Phi) is 5.02. The van der Waals surface area contributed by atoms with E-state index in [1.807, 2.05) is 20.8 Å². The van der Waals surface area contributed by atoms with E-state index in [0.29, 0.717) is 0 Å². The van der Waals surface area contributed by atoms with Gasteiger partial charge < -0.3 is 6.07 Å². The minimum absolute atomic E-state index is 0. The molecular formula is C8H11N2Y-. The smallest absolute Gasteiger partial charge is 0.121 e. The summed E-state index contributed by atoms with van der Waals surface area (Å²) in [7, 11) is 0. The van der Waals surface area contributed by atoms with Gasteiger partial charge in [0.15, 0.2) is 0 Å². The molecule has 0 spiro atoms. The van der Waals surface area contributed by atoms with Crippen LogP contribution in [0, 0.1) is 19.9 Å². The Morgan fingerprint density at radius 2 is 1.64 bits per heavy atom. The van der Waals surface area contributed by atoms with Crippen molar-refractivity contribution in [3.8, 4) is 0 Å². The van der Waals surface area contributed by atoms with Gasteiger partial charge in [-0.15, -0.1) is 11.4 Å². The molecule has 1 aromatic rings. The second-order valence-electron chi connectivity index (χ2n) is 2.29. The number of rotatable bonds is 1. The molecule has 1 radical (unpaired) electrons. The van der Waals surface area contributed by atoms with Crippen LogP contribution < -0.4 is 0 Å². The van der Waals surface area contributed by atoms with Crippen LogP contribution in [0.1, 0.15) is 24.1 Å². The summed E-state index contributed by atoms with van der Waals surface area (Å²) >= 11 is 0. The molecule has 0 bridgehead atoms. The summed E-state index contributed by atoms with van der Waals surface area (Å²) in [4.78, 5) is 8.37. The van der Waals surface area contributed by atoms with Gasteiger partial charge in [0, 0.05) is 39.1 Å². The van der Waals surface area contributed by atoms with Crippen molar-refractivity contribution in [3.05, 3.63) is 23.3 Å². The maximum absolute atomic E-state index is 4.19. The minimum Gasteiger partial charge on any atom is -0.427 e. The number of hydrogen-bond acceptors (Lipinski definition) is 2. The first-order valence-electron chi connectivity index (χ1n) is 3.46. The predicted octanol–water partition coefficient (Wildman–Crippen LogP) is 1.45. The quantitative estimate of drug-likeness (QED) is 0.675. The van der Waals surface area contributed by atoms with Gasteiger partial charge in [0.25, 0.3) is 0 Å². The Morgan fingerprint density at radius 3 is 2.00 bits per heavy atom. The largest absolute Gasteiger partial charge is 0.427 e. The SMILES string of the molecule is CCc1nc(C)[c-]c(C)n1.[Y]. The van der Waals surface area contributed by atoms with Crippen molar-refractivity contribution in [3.63, 3.8) is 0 Å². The summed E-state index contributed by atoms with van der Waals surface area (Å²) in [6.45, 7) is 5.93. The first-order valence-corrected chi connectivity index (χ1v) is 3.46. The van der Waals surface area contributed by atoms with Crippen LogP contribution in [0.15, 0.2) is 0 Å². The van der Waals surface area contributed by atoms with Crippen molar-refractivity contribution in [1.82, 2.24) is 9.97 Å². The van der Waals surface area contributed by atoms with Crippen LogP contribution in [-0.2, 0) is 39.1 Å². The minimum atomic E-state index is 0.